The van der Waals surface area contributed by atoms with Crippen molar-refractivity contribution in [3.05, 3.63) is 77.9 Å². The number of para-hydroxylation sites is 1. The van der Waals surface area contributed by atoms with E-state index in [1.54, 1.807) is 24.3 Å². The van der Waals surface area contributed by atoms with Gasteiger partial charge >= 0.3 is 0 Å². The molecule has 5 nitrogen and oxygen atoms in total. The molecule has 0 aliphatic heterocycles. The Balaban J connectivity index is 1.53. The van der Waals surface area contributed by atoms with E-state index in [2.05, 4.69) is 28.9 Å². The molecule has 4 rings (SSSR count). The molecule has 0 saturated heterocycles. The summed E-state index contributed by atoms with van der Waals surface area (Å²) in [7, 11) is -3.23. The van der Waals surface area contributed by atoms with Crippen LogP contribution in [0.5, 0.6) is 0 Å². The number of carbonyl (C=O) groups is 1. The zero-order valence-electron chi connectivity index (χ0n) is 17.8. The molecule has 0 aliphatic carbocycles. The van der Waals surface area contributed by atoms with Gasteiger partial charge in [0, 0.05) is 40.5 Å². The second-order valence-electron chi connectivity index (χ2n) is 7.64. The summed E-state index contributed by atoms with van der Waals surface area (Å²) in [6, 6.07) is 20.7. The fraction of sp³-hybridized carbons (Fsp3) is 0.240. The molecule has 0 aliphatic rings. The van der Waals surface area contributed by atoms with Crippen molar-refractivity contribution >= 4 is 37.6 Å². The third-order valence-electron chi connectivity index (χ3n) is 5.56. The van der Waals surface area contributed by atoms with Gasteiger partial charge in [-0.15, -0.1) is 0 Å². The van der Waals surface area contributed by atoms with E-state index in [1.807, 2.05) is 37.3 Å². The zero-order valence-corrected chi connectivity index (χ0v) is 18.6. The number of carbonyl (C=O) groups excluding carboxylic acids is 1. The average Bonchev–Trinajstić information content (AvgIpc) is 3.10. The maximum atomic E-state index is 12.8. The van der Waals surface area contributed by atoms with E-state index in [0.29, 0.717) is 23.4 Å². The van der Waals surface area contributed by atoms with E-state index >= 15 is 0 Å². The predicted molar refractivity (Wildman–Crippen MR) is 125 cm³/mol. The number of hydrogen-bond donors (Lipinski definition) is 1. The lowest BCUT2D eigenvalue weighted by atomic mass is 10.1. The van der Waals surface area contributed by atoms with Gasteiger partial charge in [0.15, 0.2) is 9.84 Å². The highest BCUT2D eigenvalue weighted by Gasteiger charge is 2.14. The normalized spacial score (nSPS) is 11.8. The van der Waals surface area contributed by atoms with Crippen molar-refractivity contribution in [2.75, 3.05) is 5.75 Å². The molecule has 0 saturated carbocycles. The first-order valence-corrected chi connectivity index (χ1v) is 12.2. The first-order valence-electron chi connectivity index (χ1n) is 10.6. The van der Waals surface area contributed by atoms with Crippen LogP contribution in [0, 0.1) is 0 Å². The van der Waals surface area contributed by atoms with E-state index in [1.165, 1.54) is 0 Å². The van der Waals surface area contributed by atoms with Crippen LogP contribution in [0.15, 0.2) is 71.6 Å². The second kappa shape index (κ2) is 8.55. The van der Waals surface area contributed by atoms with E-state index in [4.69, 9.17) is 0 Å². The Labute approximate surface area is 182 Å². The van der Waals surface area contributed by atoms with Gasteiger partial charge in [0.25, 0.3) is 5.91 Å². The zero-order chi connectivity index (χ0) is 22.0. The van der Waals surface area contributed by atoms with Crippen LogP contribution >= 0.6 is 0 Å². The van der Waals surface area contributed by atoms with Gasteiger partial charge in [-0.2, -0.15) is 0 Å². The number of fused-ring (bicyclic) bond motifs is 3. The molecule has 31 heavy (non-hydrogen) atoms. The number of benzene rings is 3. The van der Waals surface area contributed by atoms with Crippen LogP contribution in [0.1, 0.15) is 36.2 Å². The monoisotopic (exact) mass is 434 g/mol. The van der Waals surface area contributed by atoms with E-state index in [-0.39, 0.29) is 11.7 Å². The SMILES string of the molecule is CCCS(=O)(=O)c1ccc(CNC(=O)c2ccc3c(c2)c2ccccc2n3CC)cc1. The average molecular weight is 435 g/mol. The van der Waals surface area contributed by atoms with Gasteiger partial charge in [-0.05, 0) is 55.3 Å². The maximum absolute atomic E-state index is 12.8. The summed E-state index contributed by atoms with van der Waals surface area (Å²) in [5, 5.41) is 5.14. The Morgan fingerprint density at radius 3 is 2.32 bits per heavy atom. The number of rotatable bonds is 7. The van der Waals surface area contributed by atoms with Crippen molar-refractivity contribution in [3.63, 3.8) is 0 Å². The lowest BCUT2D eigenvalue weighted by Crippen LogP contribution is -2.22. The predicted octanol–water partition coefficient (Wildman–Crippen LogP) is 4.93. The Bertz CT molecular complexity index is 1350. The van der Waals surface area contributed by atoms with Crippen molar-refractivity contribution < 1.29 is 13.2 Å². The van der Waals surface area contributed by atoms with Gasteiger partial charge in [-0.3, -0.25) is 4.79 Å². The molecule has 3 aromatic carbocycles. The first-order chi connectivity index (χ1) is 14.9. The summed E-state index contributed by atoms with van der Waals surface area (Å²) in [4.78, 5) is 13.1. The standard InChI is InChI=1S/C25H26N2O3S/c1-3-15-31(29,30)20-12-9-18(10-13-20)17-26-25(28)19-11-14-24-22(16-19)21-7-5-6-8-23(21)27(24)4-2/h5-14,16H,3-4,15,17H2,1-2H3,(H,26,28). The number of sulfone groups is 1. The minimum Gasteiger partial charge on any atom is -0.348 e. The largest absolute Gasteiger partial charge is 0.348 e. The van der Waals surface area contributed by atoms with Gasteiger partial charge in [0.2, 0.25) is 0 Å². The molecule has 0 unspecified atom stereocenters. The van der Waals surface area contributed by atoms with Crippen LogP contribution in [0.25, 0.3) is 21.8 Å². The quantitative estimate of drug-likeness (QED) is 0.448. The summed E-state index contributed by atoms with van der Waals surface area (Å²) in [6.45, 7) is 5.16. The molecule has 1 amide bonds. The molecule has 6 heteroatoms. The van der Waals surface area contributed by atoms with Crippen molar-refractivity contribution in [2.45, 2.75) is 38.3 Å². The van der Waals surface area contributed by atoms with Crippen LogP contribution in [0.4, 0.5) is 0 Å². The minimum atomic E-state index is -3.23. The fourth-order valence-electron chi connectivity index (χ4n) is 4.02. The molecular formula is C25H26N2O3S. The third kappa shape index (κ3) is 4.08. The van der Waals surface area contributed by atoms with Gasteiger partial charge in [0.1, 0.15) is 0 Å². The minimum absolute atomic E-state index is 0.139. The topological polar surface area (TPSA) is 68.2 Å². The molecule has 1 heterocycles. The first kappa shape index (κ1) is 21.1. The fourth-order valence-corrected chi connectivity index (χ4v) is 5.35. The lowest BCUT2D eigenvalue weighted by Gasteiger charge is -2.08. The van der Waals surface area contributed by atoms with Crippen LogP contribution < -0.4 is 5.32 Å². The molecular weight excluding hydrogens is 408 g/mol. The molecule has 1 aromatic heterocycles. The lowest BCUT2D eigenvalue weighted by molar-refractivity contribution is 0.0951. The summed E-state index contributed by atoms with van der Waals surface area (Å²) >= 11 is 0. The number of nitrogens with zero attached hydrogens (tertiary/aromatic N) is 1. The van der Waals surface area contributed by atoms with Crippen LogP contribution in [-0.2, 0) is 22.9 Å². The molecule has 4 aromatic rings. The molecule has 0 fully saturated rings. The molecule has 160 valence electrons. The Hall–Kier alpha value is -3.12. The van der Waals surface area contributed by atoms with Crippen molar-refractivity contribution in [2.24, 2.45) is 0 Å². The molecule has 1 N–H and O–H groups in total. The van der Waals surface area contributed by atoms with Gasteiger partial charge in [-0.1, -0.05) is 37.3 Å². The highest BCUT2D eigenvalue weighted by molar-refractivity contribution is 7.91. The van der Waals surface area contributed by atoms with Gasteiger partial charge in [0.05, 0.1) is 10.6 Å². The summed E-state index contributed by atoms with van der Waals surface area (Å²) in [5.74, 6) is -0.0158. The van der Waals surface area contributed by atoms with E-state index < -0.39 is 9.84 Å². The summed E-state index contributed by atoms with van der Waals surface area (Å²) in [5.41, 5.74) is 3.74. The Morgan fingerprint density at radius 2 is 1.61 bits per heavy atom. The smallest absolute Gasteiger partial charge is 0.251 e. The van der Waals surface area contributed by atoms with Gasteiger partial charge < -0.3 is 9.88 Å². The third-order valence-corrected chi connectivity index (χ3v) is 7.50. The summed E-state index contributed by atoms with van der Waals surface area (Å²) < 4.78 is 26.5. The maximum Gasteiger partial charge on any atom is 0.251 e. The second-order valence-corrected chi connectivity index (χ2v) is 9.75. The van der Waals surface area contributed by atoms with E-state index in [9.17, 15) is 13.2 Å². The number of hydrogen-bond acceptors (Lipinski definition) is 3. The van der Waals surface area contributed by atoms with Crippen LogP contribution in [0.3, 0.4) is 0 Å². The molecule has 0 radical (unpaired) electrons. The van der Waals surface area contributed by atoms with E-state index in [0.717, 1.165) is 33.9 Å². The van der Waals surface area contributed by atoms with Crippen molar-refractivity contribution in [1.82, 2.24) is 9.88 Å². The molecule has 0 atom stereocenters. The number of aryl methyl sites for hydroxylation is 1. The number of amides is 1. The molecule has 0 bridgehead atoms. The Morgan fingerprint density at radius 1 is 0.903 bits per heavy atom. The number of nitrogens with one attached hydrogen (secondary N) is 1. The highest BCUT2D eigenvalue weighted by Crippen LogP contribution is 2.29. The number of aromatic nitrogens is 1. The highest BCUT2D eigenvalue weighted by atomic mass is 32.2. The van der Waals surface area contributed by atoms with Crippen molar-refractivity contribution in [1.29, 1.82) is 0 Å². The molecule has 0 spiro atoms. The Kier molecular flexibility index (Phi) is 5.83. The summed E-state index contributed by atoms with van der Waals surface area (Å²) in [6.07, 6.45) is 0.585. The van der Waals surface area contributed by atoms with Crippen molar-refractivity contribution in [3.8, 4) is 0 Å². The van der Waals surface area contributed by atoms with Crippen LogP contribution in [-0.4, -0.2) is 24.6 Å². The van der Waals surface area contributed by atoms with Gasteiger partial charge in [-0.25, -0.2) is 8.42 Å². The van der Waals surface area contributed by atoms with Crippen LogP contribution in [0.2, 0.25) is 0 Å².